The van der Waals surface area contributed by atoms with Crippen LogP contribution in [-0.2, 0) is 19.0 Å². The first-order valence-corrected chi connectivity index (χ1v) is 8.04. The van der Waals surface area contributed by atoms with Crippen LogP contribution in [0.25, 0.3) is 0 Å². The van der Waals surface area contributed by atoms with Crippen molar-refractivity contribution in [2.75, 3.05) is 13.1 Å². The molecular weight excluding hydrogens is 434 g/mol. The van der Waals surface area contributed by atoms with Crippen molar-refractivity contribution in [3.05, 3.63) is 47.8 Å². The monoisotopic (exact) mass is 460 g/mol. The zero-order chi connectivity index (χ0) is 17.6. The van der Waals surface area contributed by atoms with Crippen LogP contribution in [0.1, 0.15) is 32.2 Å². The Hall–Kier alpha value is -1.71. The second-order valence-electron chi connectivity index (χ2n) is 6.21. The van der Waals surface area contributed by atoms with Gasteiger partial charge in [-0.15, -0.1) is 24.0 Å². The number of aromatic nitrogens is 3. The van der Waals surface area contributed by atoms with Crippen LogP contribution in [-0.4, -0.2) is 33.8 Å². The minimum absolute atomic E-state index is 0. The number of nitrogens with zero attached hydrogens (tertiary/aromatic N) is 4. The molecule has 6 nitrogen and oxygen atoms in total. The maximum Gasteiger partial charge on any atom is 0.191 e. The molecule has 2 N–H and O–H groups in total. The summed E-state index contributed by atoms with van der Waals surface area (Å²) in [6.07, 6.45) is 1.51. The Kier molecular flexibility index (Phi) is 8.27. The fourth-order valence-electron chi connectivity index (χ4n) is 2.36. The highest BCUT2D eigenvalue weighted by Crippen LogP contribution is 2.24. The molecule has 0 aliphatic carbocycles. The largest absolute Gasteiger partial charge is 0.357 e. The van der Waals surface area contributed by atoms with Crippen molar-refractivity contribution in [2.45, 2.75) is 32.7 Å². The molecule has 2 aromatic rings. The average Bonchev–Trinajstić information content (AvgIpc) is 2.95. The van der Waals surface area contributed by atoms with Gasteiger partial charge in [0.15, 0.2) is 5.96 Å². The second-order valence-corrected chi connectivity index (χ2v) is 6.21. The van der Waals surface area contributed by atoms with Gasteiger partial charge in [0.2, 0.25) is 0 Å². The van der Waals surface area contributed by atoms with Gasteiger partial charge in [-0.1, -0.05) is 32.0 Å². The smallest absolute Gasteiger partial charge is 0.191 e. The van der Waals surface area contributed by atoms with Gasteiger partial charge in [0, 0.05) is 25.6 Å². The summed E-state index contributed by atoms with van der Waals surface area (Å²) in [5.41, 5.74) is 0.313. The normalized spacial score (nSPS) is 11.8. The number of aliphatic imine (C=N–C) groups is 1. The van der Waals surface area contributed by atoms with Crippen LogP contribution < -0.4 is 10.6 Å². The van der Waals surface area contributed by atoms with Crippen LogP contribution in [0.2, 0.25) is 0 Å². The Labute approximate surface area is 165 Å². The van der Waals surface area contributed by atoms with E-state index >= 15 is 0 Å². The summed E-state index contributed by atoms with van der Waals surface area (Å²) in [5.74, 6) is 1.26. The molecule has 138 valence electrons. The number of nitrogens with one attached hydrogen (secondary N) is 2. The predicted molar refractivity (Wildman–Crippen MR) is 109 cm³/mol. The molecule has 1 heterocycles. The van der Waals surface area contributed by atoms with Gasteiger partial charge in [0.05, 0.1) is 0 Å². The molecule has 0 unspecified atom stereocenters. The molecule has 0 aliphatic rings. The van der Waals surface area contributed by atoms with Gasteiger partial charge in [0.1, 0.15) is 24.5 Å². The minimum Gasteiger partial charge on any atom is -0.357 e. The van der Waals surface area contributed by atoms with Crippen molar-refractivity contribution < 1.29 is 4.39 Å². The third-order valence-corrected chi connectivity index (χ3v) is 3.83. The number of guanidine groups is 1. The predicted octanol–water partition coefficient (Wildman–Crippen LogP) is 2.61. The van der Waals surface area contributed by atoms with E-state index in [-0.39, 0.29) is 35.2 Å². The van der Waals surface area contributed by atoms with Gasteiger partial charge in [-0.05, 0) is 18.6 Å². The van der Waals surface area contributed by atoms with E-state index in [0.29, 0.717) is 24.6 Å². The number of halogens is 2. The van der Waals surface area contributed by atoms with Crippen LogP contribution in [0.3, 0.4) is 0 Å². The first-order chi connectivity index (χ1) is 11.4. The molecule has 25 heavy (non-hydrogen) atoms. The Morgan fingerprint density at radius 1 is 1.28 bits per heavy atom. The SMILES string of the molecule is CCNC(=NCc1ncnn1C)NCC(C)(C)c1ccccc1F.I. The number of rotatable bonds is 6. The topological polar surface area (TPSA) is 67.1 Å². The summed E-state index contributed by atoms with van der Waals surface area (Å²) >= 11 is 0. The molecule has 0 atom stereocenters. The molecule has 2 rings (SSSR count). The van der Waals surface area contributed by atoms with E-state index in [2.05, 4.69) is 25.7 Å². The Morgan fingerprint density at radius 3 is 2.60 bits per heavy atom. The minimum atomic E-state index is -0.369. The first-order valence-electron chi connectivity index (χ1n) is 8.04. The summed E-state index contributed by atoms with van der Waals surface area (Å²) in [6.45, 7) is 7.73. The fourth-order valence-corrected chi connectivity index (χ4v) is 2.36. The lowest BCUT2D eigenvalue weighted by Gasteiger charge is -2.27. The first kappa shape index (κ1) is 21.3. The summed E-state index contributed by atoms with van der Waals surface area (Å²) in [4.78, 5) is 8.67. The van der Waals surface area contributed by atoms with Crippen LogP contribution in [0.15, 0.2) is 35.6 Å². The van der Waals surface area contributed by atoms with Crippen molar-refractivity contribution in [3.8, 4) is 0 Å². The van der Waals surface area contributed by atoms with Crippen molar-refractivity contribution >= 4 is 29.9 Å². The van der Waals surface area contributed by atoms with Crippen molar-refractivity contribution in [1.82, 2.24) is 25.4 Å². The highest BCUT2D eigenvalue weighted by atomic mass is 127. The maximum absolute atomic E-state index is 14.0. The van der Waals surface area contributed by atoms with Crippen molar-refractivity contribution in [2.24, 2.45) is 12.0 Å². The van der Waals surface area contributed by atoms with E-state index in [1.54, 1.807) is 10.7 Å². The molecule has 8 heteroatoms. The van der Waals surface area contributed by atoms with Crippen LogP contribution in [0.5, 0.6) is 0 Å². The Balaban J connectivity index is 0.00000312. The highest BCUT2D eigenvalue weighted by molar-refractivity contribution is 14.0. The van der Waals surface area contributed by atoms with Gasteiger partial charge >= 0.3 is 0 Å². The third kappa shape index (κ3) is 5.94. The number of aryl methyl sites for hydroxylation is 1. The van der Waals surface area contributed by atoms with E-state index in [4.69, 9.17) is 0 Å². The van der Waals surface area contributed by atoms with Gasteiger partial charge in [0.25, 0.3) is 0 Å². The molecule has 0 saturated heterocycles. The third-order valence-electron chi connectivity index (χ3n) is 3.83. The Bertz CT molecular complexity index is 698. The van der Waals surface area contributed by atoms with Gasteiger partial charge in [-0.2, -0.15) is 5.10 Å². The molecule has 0 bridgehead atoms. The zero-order valence-corrected chi connectivity index (χ0v) is 17.4. The van der Waals surface area contributed by atoms with E-state index in [1.165, 1.54) is 12.4 Å². The van der Waals surface area contributed by atoms with Crippen LogP contribution in [0.4, 0.5) is 4.39 Å². The summed E-state index contributed by atoms with van der Waals surface area (Å²) in [7, 11) is 1.83. The van der Waals surface area contributed by atoms with Gasteiger partial charge < -0.3 is 10.6 Å². The lowest BCUT2D eigenvalue weighted by molar-refractivity contribution is 0.473. The second kappa shape index (κ2) is 9.69. The number of benzene rings is 1. The van der Waals surface area contributed by atoms with Gasteiger partial charge in [-0.25, -0.2) is 14.4 Å². The molecule has 0 spiro atoms. The lowest BCUT2D eigenvalue weighted by Crippen LogP contribution is -2.43. The number of hydrogen-bond acceptors (Lipinski definition) is 3. The average molecular weight is 460 g/mol. The molecule has 1 aromatic heterocycles. The molecule has 1 aromatic carbocycles. The van der Waals surface area contributed by atoms with E-state index < -0.39 is 0 Å². The number of hydrogen-bond donors (Lipinski definition) is 2. The molecule has 0 saturated carbocycles. The summed E-state index contributed by atoms with van der Waals surface area (Å²) in [5, 5.41) is 10.5. The zero-order valence-electron chi connectivity index (χ0n) is 15.1. The quantitative estimate of drug-likeness (QED) is 0.395. The standard InChI is InChI=1S/C17H25FN6.HI/c1-5-19-16(20-10-15-22-12-23-24(15)4)21-11-17(2,3)13-8-6-7-9-14(13)18;/h6-9,12H,5,10-11H2,1-4H3,(H2,19,20,21);1H. The lowest BCUT2D eigenvalue weighted by atomic mass is 9.84. The molecule has 0 fully saturated rings. The van der Waals surface area contributed by atoms with Crippen LogP contribution >= 0.6 is 24.0 Å². The maximum atomic E-state index is 14.0. The van der Waals surface area contributed by atoms with E-state index in [0.717, 1.165) is 12.4 Å². The van der Waals surface area contributed by atoms with E-state index in [1.807, 2.05) is 40.0 Å². The van der Waals surface area contributed by atoms with E-state index in [9.17, 15) is 4.39 Å². The molecule has 0 amide bonds. The summed E-state index contributed by atoms with van der Waals surface area (Å²) < 4.78 is 15.7. The van der Waals surface area contributed by atoms with Crippen LogP contribution in [0, 0.1) is 5.82 Å². The molecule has 0 aliphatic heterocycles. The van der Waals surface area contributed by atoms with Gasteiger partial charge in [-0.3, -0.25) is 4.68 Å². The fraction of sp³-hybridized carbons (Fsp3) is 0.471. The molecule has 0 radical (unpaired) electrons. The van der Waals surface area contributed by atoms with Crippen molar-refractivity contribution in [3.63, 3.8) is 0 Å². The summed E-state index contributed by atoms with van der Waals surface area (Å²) in [6, 6.07) is 6.87. The molecular formula is C17H26FIN6. The highest BCUT2D eigenvalue weighted by Gasteiger charge is 2.24. The Morgan fingerprint density at radius 2 is 2.00 bits per heavy atom. The van der Waals surface area contributed by atoms with Crippen molar-refractivity contribution in [1.29, 1.82) is 0 Å².